The van der Waals surface area contributed by atoms with E-state index < -0.39 is 11.9 Å². The van der Waals surface area contributed by atoms with E-state index in [4.69, 9.17) is 0 Å². The SMILES string of the molecule is CCC1CCCN1C(=O)N1CC(C(=O)O)c2ccccc21. The predicted octanol–water partition coefficient (Wildman–Crippen LogP) is 2.67. The molecule has 5 nitrogen and oxygen atoms in total. The Hall–Kier alpha value is -2.04. The maximum Gasteiger partial charge on any atom is 0.324 e. The van der Waals surface area contributed by atoms with Gasteiger partial charge in [0, 0.05) is 24.8 Å². The molecule has 2 unspecified atom stereocenters. The smallest absolute Gasteiger partial charge is 0.324 e. The normalized spacial score (nSPS) is 24.2. The third kappa shape index (κ3) is 2.26. The zero-order valence-electron chi connectivity index (χ0n) is 12.2. The minimum absolute atomic E-state index is 0.0458. The maximum absolute atomic E-state index is 12.8. The van der Waals surface area contributed by atoms with Crippen molar-refractivity contribution in [3.8, 4) is 0 Å². The summed E-state index contributed by atoms with van der Waals surface area (Å²) in [6.45, 7) is 3.10. The van der Waals surface area contributed by atoms with Crippen LogP contribution in [0.1, 0.15) is 37.7 Å². The van der Waals surface area contributed by atoms with Crippen LogP contribution in [-0.4, -0.2) is 41.1 Å². The van der Waals surface area contributed by atoms with E-state index in [9.17, 15) is 14.7 Å². The molecular formula is C16H20N2O3. The minimum atomic E-state index is -0.869. The summed E-state index contributed by atoms with van der Waals surface area (Å²) in [7, 11) is 0. The van der Waals surface area contributed by atoms with Gasteiger partial charge in [0.1, 0.15) is 5.92 Å². The van der Waals surface area contributed by atoms with Crippen LogP contribution in [-0.2, 0) is 4.79 Å². The fourth-order valence-corrected chi connectivity index (χ4v) is 3.47. The number of benzene rings is 1. The molecule has 3 rings (SSSR count). The molecule has 5 heteroatoms. The van der Waals surface area contributed by atoms with E-state index in [-0.39, 0.29) is 18.6 Å². The summed E-state index contributed by atoms with van der Waals surface area (Å²) in [5.74, 6) is -1.49. The van der Waals surface area contributed by atoms with Gasteiger partial charge in [-0.25, -0.2) is 4.79 Å². The molecule has 1 aromatic rings. The Morgan fingerprint density at radius 2 is 2.10 bits per heavy atom. The zero-order valence-corrected chi connectivity index (χ0v) is 12.2. The van der Waals surface area contributed by atoms with Crippen LogP contribution in [0.3, 0.4) is 0 Å². The van der Waals surface area contributed by atoms with Crippen LogP contribution in [0.4, 0.5) is 10.5 Å². The third-order valence-electron chi connectivity index (χ3n) is 4.59. The van der Waals surface area contributed by atoms with Gasteiger partial charge in [-0.2, -0.15) is 0 Å². The number of urea groups is 1. The lowest BCUT2D eigenvalue weighted by atomic mass is 10.0. The summed E-state index contributed by atoms with van der Waals surface area (Å²) in [5, 5.41) is 9.37. The van der Waals surface area contributed by atoms with E-state index in [1.807, 2.05) is 29.2 Å². The van der Waals surface area contributed by atoms with Crippen molar-refractivity contribution < 1.29 is 14.7 Å². The standard InChI is InChI=1S/C16H20N2O3/c1-2-11-6-5-9-17(11)16(21)18-10-13(15(19)20)12-7-3-4-8-14(12)18/h3-4,7-8,11,13H,2,5-6,9-10H2,1H3,(H,19,20). The zero-order chi connectivity index (χ0) is 15.0. The highest BCUT2D eigenvalue weighted by Gasteiger charge is 2.40. The van der Waals surface area contributed by atoms with Gasteiger partial charge < -0.3 is 10.0 Å². The summed E-state index contributed by atoms with van der Waals surface area (Å²) in [5.41, 5.74) is 1.49. The Morgan fingerprint density at radius 1 is 1.33 bits per heavy atom. The molecule has 0 bridgehead atoms. The quantitative estimate of drug-likeness (QED) is 0.910. The highest BCUT2D eigenvalue weighted by Crippen LogP contribution is 2.37. The fraction of sp³-hybridized carbons (Fsp3) is 0.500. The lowest BCUT2D eigenvalue weighted by Gasteiger charge is -2.29. The number of hydrogen-bond donors (Lipinski definition) is 1. The number of hydrogen-bond acceptors (Lipinski definition) is 2. The van der Waals surface area contributed by atoms with Gasteiger partial charge in [-0.15, -0.1) is 0 Å². The Labute approximate surface area is 124 Å². The van der Waals surface area contributed by atoms with Crippen molar-refractivity contribution in [2.75, 3.05) is 18.0 Å². The first kappa shape index (κ1) is 13.9. The number of para-hydroxylation sites is 1. The number of aliphatic carboxylic acids is 1. The summed E-state index contributed by atoms with van der Waals surface area (Å²) >= 11 is 0. The van der Waals surface area contributed by atoms with Gasteiger partial charge in [0.15, 0.2) is 0 Å². The molecule has 0 saturated carbocycles. The van der Waals surface area contributed by atoms with Crippen LogP contribution in [0.2, 0.25) is 0 Å². The molecule has 0 aliphatic carbocycles. The molecule has 2 aliphatic heterocycles. The highest BCUT2D eigenvalue weighted by molar-refractivity contribution is 5.98. The van der Waals surface area contributed by atoms with Gasteiger partial charge in [0.2, 0.25) is 0 Å². The first-order valence-electron chi connectivity index (χ1n) is 7.53. The molecule has 21 heavy (non-hydrogen) atoms. The van der Waals surface area contributed by atoms with Crippen molar-refractivity contribution in [2.45, 2.75) is 38.1 Å². The number of fused-ring (bicyclic) bond motifs is 1. The van der Waals surface area contributed by atoms with Crippen molar-refractivity contribution in [1.29, 1.82) is 0 Å². The molecule has 0 radical (unpaired) electrons. The number of carboxylic acids is 1. The van der Waals surface area contributed by atoms with Gasteiger partial charge >= 0.3 is 12.0 Å². The van der Waals surface area contributed by atoms with Crippen LogP contribution < -0.4 is 4.90 Å². The molecular weight excluding hydrogens is 268 g/mol. The molecule has 2 heterocycles. The molecule has 2 atom stereocenters. The molecule has 1 fully saturated rings. The highest BCUT2D eigenvalue weighted by atomic mass is 16.4. The van der Waals surface area contributed by atoms with Crippen molar-refractivity contribution in [3.05, 3.63) is 29.8 Å². The largest absolute Gasteiger partial charge is 0.481 e. The van der Waals surface area contributed by atoms with Crippen LogP contribution in [0.15, 0.2) is 24.3 Å². The lowest BCUT2D eigenvalue weighted by molar-refractivity contribution is -0.138. The predicted molar refractivity (Wildman–Crippen MR) is 79.6 cm³/mol. The van der Waals surface area contributed by atoms with Gasteiger partial charge in [-0.3, -0.25) is 9.69 Å². The van der Waals surface area contributed by atoms with Crippen LogP contribution in [0.25, 0.3) is 0 Å². The van der Waals surface area contributed by atoms with E-state index in [2.05, 4.69) is 6.92 Å². The Balaban J connectivity index is 1.90. The molecule has 0 spiro atoms. The summed E-state index contributed by atoms with van der Waals surface area (Å²) in [4.78, 5) is 27.8. The second-order valence-corrected chi connectivity index (χ2v) is 5.74. The van der Waals surface area contributed by atoms with Crippen molar-refractivity contribution >= 4 is 17.7 Å². The third-order valence-corrected chi connectivity index (χ3v) is 4.59. The van der Waals surface area contributed by atoms with Crippen molar-refractivity contribution in [3.63, 3.8) is 0 Å². The van der Waals surface area contributed by atoms with Gasteiger partial charge in [-0.05, 0) is 30.9 Å². The lowest BCUT2D eigenvalue weighted by Crippen LogP contribution is -2.45. The van der Waals surface area contributed by atoms with Crippen LogP contribution >= 0.6 is 0 Å². The van der Waals surface area contributed by atoms with E-state index in [1.54, 1.807) is 4.90 Å². The van der Waals surface area contributed by atoms with Crippen molar-refractivity contribution in [1.82, 2.24) is 4.90 Å². The van der Waals surface area contributed by atoms with Crippen LogP contribution in [0, 0.1) is 0 Å². The topological polar surface area (TPSA) is 60.9 Å². The second kappa shape index (κ2) is 5.39. The summed E-state index contributed by atoms with van der Waals surface area (Å²) in [6.07, 6.45) is 3.02. The molecule has 112 valence electrons. The van der Waals surface area contributed by atoms with E-state index in [1.165, 1.54) is 0 Å². The number of carbonyl (C=O) groups is 2. The Bertz CT molecular complexity index is 572. The number of rotatable bonds is 2. The molecule has 2 aliphatic rings. The van der Waals surface area contributed by atoms with E-state index in [0.717, 1.165) is 37.1 Å². The second-order valence-electron chi connectivity index (χ2n) is 5.74. The van der Waals surface area contributed by atoms with Gasteiger partial charge in [-0.1, -0.05) is 25.1 Å². The molecule has 1 N–H and O–H groups in total. The summed E-state index contributed by atoms with van der Waals surface area (Å²) < 4.78 is 0. The average molecular weight is 288 g/mol. The number of anilines is 1. The number of amides is 2. The first-order chi connectivity index (χ1) is 10.1. The van der Waals surface area contributed by atoms with Gasteiger partial charge in [0.05, 0.1) is 0 Å². The number of nitrogens with zero attached hydrogens (tertiary/aromatic N) is 2. The average Bonchev–Trinajstić information content (AvgIpc) is 3.11. The summed E-state index contributed by atoms with van der Waals surface area (Å²) in [6, 6.07) is 7.57. The monoisotopic (exact) mass is 288 g/mol. The maximum atomic E-state index is 12.8. The minimum Gasteiger partial charge on any atom is -0.481 e. The number of carbonyl (C=O) groups excluding carboxylic acids is 1. The molecule has 1 aromatic carbocycles. The first-order valence-corrected chi connectivity index (χ1v) is 7.53. The Kier molecular flexibility index (Phi) is 3.57. The Morgan fingerprint density at radius 3 is 2.81 bits per heavy atom. The molecule has 0 aromatic heterocycles. The number of carboxylic acid groups (broad SMARTS) is 1. The van der Waals surface area contributed by atoms with E-state index >= 15 is 0 Å². The van der Waals surface area contributed by atoms with Crippen molar-refractivity contribution in [2.24, 2.45) is 0 Å². The fourth-order valence-electron chi connectivity index (χ4n) is 3.47. The van der Waals surface area contributed by atoms with Crippen LogP contribution in [0.5, 0.6) is 0 Å². The van der Waals surface area contributed by atoms with E-state index in [0.29, 0.717) is 0 Å². The molecule has 1 saturated heterocycles. The van der Waals surface area contributed by atoms with Gasteiger partial charge in [0.25, 0.3) is 0 Å². The molecule has 2 amide bonds. The number of likely N-dealkylation sites (tertiary alicyclic amines) is 1.